The van der Waals surface area contributed by atoms with Crippen molar-refractivity contribution >= 4 is 21.4 Å². The summed E-state index contributed by atoms with van der Waals surface area (Å²) in [6.45, 7) is 4.68. The van der Waals surface area contributed by atoms with Gasteiger partial charge in [-0.25, -0.2) is 13.1 Å². The normalized spacial score (nSPS) is 17.6. The van der Waals surface area contributed by atoms with Gasteiger partial charge in [-0.15, -0.1) is 11.3 Å². The Labute approximate surface area is 125 Å². The van der Waals surface area contributed by atoms with Crippen LogP contribution in [0.25, 0.3) is 0 Å². The first kappa shape index (κ1) is 15.9. The first-order valence-electron chi connectivity index (χ1n) is 6.86. The minimum Gasteiger partial charge on any atom is -0.326 e. The van der Waals surface area contributed by atoms with Crippen LogP contribution in [-0.2, 0) is 16.6 Å². The lowest BCUT2D eigenvalue weighted by molar-refractivity contribution is 0.248. The van der Waals surface area contributed by atoms with Crippen LogP contribution in [0.4, 0.5) is 0 Å². The van der Waals surface area contributed by atoms with Crippen molar-refractivity contribution in [2.45, 2.75) is 50.2 Å². The van der Waals surface area contributed by atoms with Gasteiger partial charge in [0.1, 0.15) is 0 Å². The Hall–Kier alpha value is -0.470. The molecule has 5 nitrogen and oxygen atoms in total. The van der Waals surface area contributed by atoms with E-state index in [0.29, 0.717) is 24.0 Å². The van der Waals surface area contributed by atoms with Crippen molar-refractivity contribution in [3.05, 3.63) is 15.8 Å². The molecule has 1 atom stereocenters. The maximum atomic E-state index is 12.3. The van der Waals surface area contributed by atoms with Crippen LogP contribution in [0.1, 0.15) is 29.5 Å². The lowest BCUT2D eigenvalue weighted by atomic mass is 10.3. The van der Waals surface area contributed by atoms with E-state index in [4.69, 9.17) is 5.73 Å². The number of sulfonamides is 1. The highest BCUT2D eigenvalue weighted by atomic mass is 32.2. The van der Waals surface area contributed by atoms with E-state index >= 15 is 0 Å². The van der Waals surface area contributed by atoms with Crippen LogP contribution in [0, 0.1) is 6.92 Å². The Morgan fingerprint density at radius 2 is 2.20 bits per heavy atom. The van der Waals surface area contributed by atoms with Gasteiger partial charge in [0.25, 0.3) is 0 Å². The molecule has 0 aliphatic heterocycles. The molecule has 2 rings (SSSR count). The Morgan fingerprint density at radius 1 is 1.55 bits per heavy atom. The first-order valence-corrected chi connectivity index (χ1v) is 9.16. The fraction of sp³-hybridized carbons (Fsp3) is 0.692. The van der Waals surface area contributed by atoms with E-state index in [0.717, 1.165) is 9.75 Å². The zero-order chi connectivity index (χ0) is 14.9. The van der Waals surface area contributed by atoms with Gasteiger partial charge >= 0.3 is 0 Å². The Bertz CT molecular complexity index is 564. The zero-order valence-electron chi connectivity index (χ0n) is 12.2. The predicted octanol–water partition coefficient (Wildman–Crippen LogP) is 1.28. The molecular formula is C13H23N3O2S2. The van der Waals surface area contributed by atoms with Gasteiger partial charge in [-0.2, -0.15) is 0 Å². The number of likely N-dealkylation sites (N-methyl/N-ethyl adjacent to an activating group) is 1. The number of hydrogen-bond acceptors (Lipinski definition) is 5. The quantitative estimate of drug-likeness (QED) is 0.794. The van der Waals surface area contributed by atoms with Gasteiger partial charge in [0.15, 0.2) is 0 Å². The number of hydrogen-bond donors (Lipinski definition) is 2. The summed E-state index contributed by atoms with van der Waals surface area (Å²) in [7, 11) is -1.38. The van der Waals surface area contributed by atoms with E-state index in [1.807, 2.05) is 13.8 Å². The molecule has 1 aliphatic carbocycles. The number of nitrogens with two attached hydrogens (primary N) is 1. The summed E-state index contributed by atoms with van der Waals surface area (Å²) >= 11 is 1.44. The molecule has 1 heterocycles. The van der Waals surface area contributed by atoms with Crippen molar-refractivity contribution < 1.29 is 8.42 Å². The van der Waals surface area contributed by atoms with E-state index in [1.54, 1.807) is 6.07 Å². The largest absolute Gasteiger partial charge is 0.326 e. The molecule has 1 aromatic rings. The van der Waals surface area contributed by atoms with Crippen LogP contribution in [-0.4, -0.2) is 39.0 Å². The second-order valence-corrected chi connectivity index (χ2v) is 8.51. The second-order valence-electron chi connectivity index (χ2n) is 5.43. The molecule has 3 N–H and O–H groups in total. The molecule has 0 amide bonds. The second kappa shape index (κ2) is 6.11. The minimum atomic E-state index is -3.44. The third-order valence-electron chi connectivity index (χ3n) is 3.80. The van der Waals surface area contributed by atoms with Crippen LogP contribution in [0.15, 0.2) is 11.0 Å². The summed E-state index contributed by atoms with van der Waals surface area (Å²) in [5, 5.41) is 0. The molecule has 1 fully saturated rings. The van der Waals surface area contributed by atoms with Crippen molar-refractivity contribution in [1.82, 2.24) is 9.62 Å². The summed E-state index contributed by atoms with van der Waals surface area (Å²) in [4.78, 5) is 4.30. The monoisotopic (exact) mass is 317 g/mol. The maximum Gasteiger partial charge on any atom is 0.241 e. The lowest BCUT2D eigenvalue weighted by Gasteiger charge is -2.24. The van der Waals surface area contributed by atoms with Crippen molar-refractivity contribution in [1.29, 1.82) is 0 Å². The summed E-state index contributed by atoms with van der Waals surface area (Å²) in [6, 6.07) is 2.50. The van der Waals surface area contributed by atoms with E-state index < -0.39 is 10.0 Å². The van der Waals surface area contributed by atoms with Crippen molar-refractivity contribution in [2.75, 3.05) is 13.6 Å². The molecule has 0 radical (unpaired) electrons. The SMILES string of the molecule is Cc1sc(CN)cc1S(=O)(=O)NCC(C)N(C)C1CC1. The minimum absolute atomic E-state index is 0.199. The highest BCUT2D eigenvalue weighted by molar-refractivity contribution is 7.89. The molecule has 1 aromatic heterocycles. The van der Waals surface area contributed by atoms with Gasteiger partial charge in [-0.3, -0.25) is 4.90 Å². The molecule has 7 heteroatoms. The standard InChI is InChI=1S/C13H23N3O2S2/c1-9(16(3)11-4-5-11)8-15-20(17,18)13-6-12(7-14)19-10(13)2/h6,9,11,15H,4-5,7-8,14H2,1-3H3. The van der Waals surface area contributed by atoms with Crippen molar-refractivity contribution in [3.63, 3.8) is 0 Å². The van der Waals surface area contributed by atoms with Crippen molar-refractivity contribution in [2.24, 2.45) is 5.73 Å². The first-order chi connectivity index (χ1) is 9.35. The molecule has 0 saturated heterocycles. The van der Waals surface area contributed by atoms with E-state index in [9.17, 15) is 8.42 Å². The highest BCUT2D eigenvalue weighted by Gasteiger charge is 2.30. The molecular weight excluding hydrogens is 294 g/mol. The summed E-state index contributed by atoms with van der Waals surface area (Å²) in [5.74, 6) is 0. The molecule has 0 spiro atoms. The molecule has 20 heavy (non-hydrogen) atoms. The Morgan fingerprint density at radius 3 is 2.70 bits per heavy atom. The van der Waals surface area contributed by atoms with Gasteiger partial charge in [-0.05, 0) is 39.8 Å². The van der Waals surface area contributed by atoms with Crippen LogP contribution in [0.3, 0.4) is 0 Å². The molecule has 0 aromatic carbocycles. The topological polar surface area (TPSA) is 75.4 Å². The zero-order valence-corrected chi connectivity index (χ0v) is 13.9. The number of rotatable bonds is 7. The van der Waals surface area contributed by atoms with Crippen LogP contribution in [0.2, 0.25) is 0 Å². The molecule has 1 unspecified atom stereocenters. The van der Waals surface area contributed by atoms with Gasteiger partial charge < -0.3 is 5.73 Å². The van der Waals surface area contributed by atoms with Crippen LogP contribution >= 0.6 is 11.3 Å². The highest BCUT2D eigenvalue weighted by Crippen LogP contribution is 2.27. The number of nitrogens with zero attached hydrogens (tertiary/aromatic N) is 1. The average molecular weight is 317 g/mol. The maximum absolute atomic E-state index is 12.3. The Kier molecular flexibility index (Phi) is 4.86. The molecule has 1 saturated carbocycles. The van der Waals surface area contributed by atoms with Crippen molar-refractivity contribution in [3.8, 4) is 0 Å². The third kappa shape index (κ3) is 3.59. The fourth-order valence-corrected chi connectivity index (χ4v) is 4.82. The number of thiophene rings is 1. The van der Waals surface area contributed by atoms with Gasteiger partial charge in [-0.1, -0.05) is 0 Å². The van der Waals surface area contributed by atoms with E-state index in [1.165, 1.54) is 24.2 Å². The van der Waals surface area contributed by atoms with Gasteiger partial charge in [0.05, 0.1) is 4.90 Å². The lowest BCUT2D eigenvalue weighted by Crippen LogP contribution is -2.41. The van der Waals surface area contributed by atoms with E-state index in [-0.39, 0.29) is 6.04 Å². The molecule has 0 bridgehead atoms. The number of aryl methyl sites for hydroxylation is 1. The molecule has 114 valence electrons. The summed E-state index contributed by atoms with van der Waals surface area (Å²) in [5.41, 5.74) is 5.57. The Balaban J connectivity index is 2.01. The smallest absolute Gasteiger partial charge is 0.241 e. The summed E-state index contributed by atoms with van der Waals surface area (Å²) < 4.78 is 27.4. The third-order valence-corrected chi connectivity index (χ3v) is 6.55. The predicted molar refractivity (Wildman–Crippen MR) is 82.4 cm³/mol. The van der Waals surface area contributed by atoms with E-state index in [2.05, 4.69) is 16.7 Å². The van der Waals surface area contributed by atoms with Crippen LogP contribution in [0.5, 0.6) is 0 Å². The molecule has 1 aliphatic rings. The van der Waals surface area contributed by atoms with Gasteiger partial charge in [0, 0.05) is 34.9 Å². The number of nitrogens with one attached hydrogen (secondary N) is 1. The van der Waals surface area contributed by atoms with Gasteiger partial charge in [0.2, 0.25) is 10.0 Å². The average Bonchev–Trinajstić information content (AvgIpc) is 3.17. The summed E-state index contributed by atoms with van der Waals surface area (Å²) in [6.07, 6.45) is 2.44. The van der Waals surface area contributed by atoms with Crippen LogP contribution < -0.4 is 10.5 Å². The fourth-order valence-electron chi connectivity index (χ4n) is 2.19.